The van der Waals surface area contributed by atoms with Gasteiger partial charge in [0.2, 0.25) is 0 Å². The van der Waals surface area contributed by atoms with E-state index < -0.39 is 0 Å². The molecule has 0 atom stereocenters. The minimum atomic E-state index is -0.0622. The highest BCUT2D eigenvalue weighted by atomic mass is 16.3. The second-order valence-electron chi connectivity index (χ2n) is 4.87. The molecule has 4 nitrogen and oxygen atoms in total. The summed E-state index contributed by atoms with van der Waals surface area (Å²) >= 11 is 0. The number of hydrogen-bond donors (Lipinski definition) is 3. The zero-order valence-electron chi connectivity index (χ0n) is 12.3. The summed E-state index contributed by atoms with van der Waals surface area (Å²) in [5.41, 5.74) is 3.44. The van der Waals surface area contributed by atoms with E-state index in [1.807, 2.05) is 38.1 Å². The molecule has 21 heavy (non-hydrogen) atoms. The van der Waals surface area contributed by atoms with Crippen LogP contribution in [0.3, 0.4) is 0 Å². The van der Waals surface area contributed by atoms with Gasteiger partial charge in [-0.3, -0.25) is 4.79 Å². The van der Waals surface area contributed by atoms with E-state index in [-0.39, 0.29) is 11.7 Å². The van der Waals surface area contributed by atoms with Crippen LogP contribution in [-0.2, 0) is 6.54 Å². The summed E-state index contributed by atoms with van der Waals surface area (Å²) < 4.78 is 0. The molecule has 0 aliphatic carbocycles. The topological polar surface area (TPSA) is 61.4 Å². The van der Waals surface area contributed by atoms with Crippen molar-refractivity contribution in [1.82, 2.24) is 5.32 Å². The number of aromatic hydroxyl groups is 1. The van der Waals surface area contributed by atoms with E-state index in [2.05, 4.69) is 10.6 Å². The first kappa shape index (κ1) is 14.9. The lowest BCUT2D eigenvalue weighted by atomic mass is 10.1. The predicted molar refractivity (Wildman–Crippen MR) is 84.6 cm³/mol. The van der Waals surface area contributed by atoms with Crippen molar-refractivity contribution in [2.75, 3.05) is 11.9 Å². The number of aryl methyl sites for hydroxylation is 1. The van der Waals surface area contributed by atoms with Crippen LogP contribution in [0.4, 0.5) is 5.69 Å². The second kappa shape index (κ2) is 6.79. The normalized spacial score (nSPS) is 10.2. The lowest BCUT2D eigenvalue weighted by Gasteiger charge is -2.12. The molecule has 2 aromatic rings. The highest BCUT2D eigenvalue weighted by molar-refractivity contribution is 5.94. The number of benzene rings is 2. The Labute approximate surface area is 124 Å². The van der Waals surface area contributed by atoms with Crippen molar-refractivity contribution in [3.63, 3.8) is 0 Å². The molecule has 1 amide bonds. The highest BCUT2D eigenvalue weighted by Gasteiger charge is 2.07. The van der Waals surface area contributed by atoms with Gasteiger partial charge in [0.15, 0.2) is 0 Å². The summed E-state index contributed by atoms with van der Waals surface area (Å²) in [6, 6.07) is 12.8. The highest BCUT2D eigenvalue weighted by Crippen LogP contribution is 2.20. The molecule has 4 heteroatoms. The summed E-state index contributed by atoms with van der Waals surface area (Å²) in [6.45, 7) is 5.00. The minimum absolute atomic E-state index is 0.0622. The third-order valence-corrected chi connectivity index (χ3v) is 3.29. The van der Waals surface area contributed by atoms with Crippen LogP contribution in [0.15, 0.2) is 42.5 Å². The fourth-order valence-electron chi connectivity index (χ4n) is 2.12. The molecular weight excluding hydrogens is 264 g/mol. The molecule has 0 bridgehead atoms. The predicted octanol–water partition coefficient (Wildman–Crippen LogP) is 3.06. The van der Waals surface area contributed by atoms with Gasteiger partial charge in [0, 0.05) is 29.9 Å². The Morgan fingerprint density at radius 3 is 2.62 bits per heavy atom. The Morgan fingerprint density at radius 1 is 1.19 bits per heavy atom. The third kappa shape index (κ3) is 3.75. The lowest BCUT2D eigenvalue weighted by molar-refractivity contribution is 0.0956. The van der Waals surface area contributed by atoms with E-state index in [4.69, 9.17) is 0 Å². The fourth-order valence-corrected chi connectivity index (χ4v) is 2.12. The molecule has 3 N–H and O–H groups in total. The van der Waals surface area contributed by atoms with Gasteiger partial charge in [0.05, 0.1) is 0 Å². The molecule has 0 aliphatic heterocycles. The quantitative estimate of drug-likeness (QED) is 0.790. The number of phenols is 1. The molecule has 110 valence electrons. The smallest absolute Gasteiger partial charge is 0.251 e. The maximum absolute atomic E-state index is 11.8. The van der Waals surface area contributed by atoms with E-state index in [0.717, 1.165) is 16.8 Å². The number of phenolic OH excluding ortho intramolecular Hbond substituents is 1. The van der Waals surface area contributed by atoms with Crippen LogP contribution in [0.25, 0.3) is 0 Å². The van der Waals surface area contributed by atoms with E-state index in [1.165, 1.54) is 0 Å². The van der Waals surface area contributed by atoms with Crippen LogP contribution in [0, 0.1) is 6.92 Å². The molecule has 0 aliphatic rings. The van der Waals surface area contributed by atoms with Gasteiger partial charge >= 0.3 is 0 Å². The van der Waals surface area contributed by atoms with Crippen LogP contribution < -0.4 is 10.6 Å². The van der Waals surface area contributed by atoms with E-state index in [1.54, 1.807) is 18.2 Å². The van der Waals surface area contributed by atoms with Crippen LogP contribution >= 0.6 is 0 Å². The van der Waals surface area contributed by atoms with Gasteiger partial charge in [-0.2, -0.15) is 0 Å². The van der Waals surface area contributed by atoms with Crippen LogP contribution in [0.1, 0.15) is 28.4 Å². The zero-order valence-corrected chi connectivity index (χ0v) is 12.3. The van der Waals surface area contributed by atoms with Crippen LogP contribution in [0.2, 0.25) is 0 Å². The molecule has 0 aromatic heterocycles. The lowest BCUT2D eigenvalue weighted by Crippen LogP contribution is -2.22. The summed E-state index contributed by atoms with van der Waals surface area (Å²) in [6.07, 6.45) is 0. The summed E-state index contributed by atoms with van der Waals surface area (Å²) in [7, 11) is 0. The number of anilines is 1. The molecule has 0 saturated heterocycles. The van der Waals surface area contributed by atoms with E-state index in [9.17, 15) is 9.90 Å². The Hall–Kier alpha value is -2.49. The summed E-state index contributed by atoms with van der Waals surface area (Å²) in [5.74, 6) is 0.217. The first-order valence-corrected chi connectivity index (χ1v) is 7.01. The SMILES string of the molecule is CCNC(=O)c1ccc(NCc2ccccc2O)c(C)c1. The van der Waals surface area contributed by atoms with E-state index in [0.29, 0.717) is 18.7 Å². The van der Waals surface area contributed by atoms with Crippen molar-refractivity contribution in [2.45, 2.75) is 20.4 Å². The van der Waals surface area contributed by atoms with Crippen molar-refractivity contribution in [2.24, 2.45) is 0 Å². The molecular formula is C17H20N2O2. The Morgan fingerprint density at radius 2 is 1.95 bits per heavy atom. The average Bonchev–Trinajstić information content (AvgIpc) is 2.47. The summed E-state index contributed by atoms with van der Waals surface area (Å²) in [4.78, 5) is 11.8. The standard InChI is InChI=1S/C17H20N2O2/c1-3-18-17(21)13-8-9-15(12(2)10-13)19-11-14-6-4-5-7-16(14)20/h4-10,19-20H,3,11H2,1-2H3,(H,18,21). The van der Waals surface area contributed by atoms with Crippen LogP contribution in [-0.4, -0.2) is 17.6 Å². The molecule has 0 fully saturated rings. The second-order valence-corrected chi connectivity index (χ2v) is 4.87. The molecule has 2 rings (SSSR count). The zero-order chi connectivity index (χ0) is 15.2. The number of carbonyl (C=O) groups is 1. The number of amides is 1. The number of hydrogen-bond acceptors (Lipinski definition) is 3. The van der Waals surface area contributed by atoms with Crippen molar-refractivity contribution in [1.29, 1.82) is 0 Å². The summed E-state index contributed by atoms with van der Waals surface area (Å²) in [5, 5.41) is 15.8. The molecule has 0 spiro atoms. The molecule has 0 heterocycles. The van der Waals surface area contributed by atoms with Crippen molar-refractivity contribution >= 4 is 11.6 Å². The van der Waals surface area contributed by atoms with Gasteiger partial charge < -0.3 is 15.7 Å². The van der Waals surface area contributed by atoms with Crippen molar-refractivity contribution < 1.29 is 9.90 Å². The molecule has 0 radical (unpaired) electrons. The first-order chi connectivity index (χ1) is 10.1. The van der Waals surface area contributed by atoms with Gasteiger partial charge in [-0.1, -0.05) is 18.2 Å². The number of nitrogens with one attached hydrogen (secondary N) is 2. The minimum Gasteiger partial charge on any atom is -0.508 e. The van der Waals surface area contributed by atoms with Crippen molar-refractivity contribution in [3.05, 3.63) is 59.2 Å². The Kier molecular flexibility index (Phi) is 4.82. The fraction of sp³-hybridized carbons (Fsp3) is 0.235. The molecule has 0 saturated carbocycles. The Bertz CT molecular complexity index is 638. The van der Waals surface area contributed by atoms with Gasteiger partial charge in [0.25, 0.3) is 5.91 Å². The van der Waals surface area contributed by atoms with E-state index >= 15 is 0 Å². The van der Waals surface area contributed by atoms with Crippen LogP contribution in [0.5, 0.6) is 5.75 Å². The first-order valence-electron chi connectivity index (χ1n) is 7.01. The van der Waals surface area contributed by atoms with Crippen molar-refractivity contribution in [3.8, 4) is 5.75 Å². The van der Waals surface area contributed by atoms with Gasteiger partial charge in [0.1, 0.15) is 5.75 Å². The Balaban J connectivity index is 2.08. The van der Waals surface area contributed by atoms with Gasteiger partial charge in [-0.05, 0) is 43.7 Å². The molecule has 2 aromatic carbocycles. The maximum Gasteiger partial charge on any atom is 0.251 e. The third-order valence-electron chi connectivity index (χ3n) is 3.29. The number of carbonyl (C=O) groups excluding carboxylic acids is 1. The maximum atomic E-state index is 11.8. The average molecular weight is 284 g/mol. The largest absolute Gasteiger partial charge is 0.508 e. The monoisotopic (exact) mass is 284 g/mol. The number of rotatable bonds is 5. The van der Waals surface area contributed by atoms with Gasteiger partial charge in [-0.25, -0.2) is 0 Å². The molecule has 0 unspecified atom stereocenters. The number of para-hydroxylation sites is 1. The van der Waals surface area contributed by atoms with Gasteiger partial charge in [-0.15, -0.1) is 0 Å².